The zero-order valence-corrected chi connectivity index (χ0v) is 11.0. The molecule has 0 saturated carbocycles. The topological polar surface area (TPSA) is 84.7 Å². The first-order valence-corrected chi connectivity index (χ1v) is 5.73. The van der Waals surface area contributed by atoms with Gasteiger partial charge in [-0.25, -0.2) is 0 Å². The van der Waals surface area contributed by atoms with Gasteiger partial charge in [0, 0.05) is 27.3 Å². The van der Waals surface area contributed by atoms with Crippen molar-refractivity contribution in [2.45, 2.75) is 32.4 Å². The second-order valence-electron chi connectivity index (χ2n) is 3.97. The highest BCUT2D eigenvalue weighted by atomic mass is 16.5. The maximum atomic E-state index is 11.7. The average Bonchev–Trinajstić information content (AvgIpc) is 2.33. The summed E-state index contributed by atoms with van der Waals surface area (Å²) in [4.78, 5) is 24.9. The number of rotatable bonds is 7. The molecule has 0 aliphatic heterocycles. The van der Waals surface area contributed by atoms with Crippen molar-refractivity contribution in [3.63, 3.8) is 0 Å². The summed E-state index contributed by atoms with van der Waals surface area (Å²) in [6.45, 7) is 4.55. The molecule has 6 heteroatoms. The highest BCUT2D eigenvalue weighted by Gasteiger charge is 2.21. The largest absolute Gasteiger partial charge is 0.385 e. The number of nitrogens with one attached hydrogen (secondary N) is 1. The van der Waals surface area contributed by atoms with Crippen LogP contribution in [0, 0.1) is 0 Å². The van der Waals surface area contributed by atoms with E-state index in [4.69, 9.17) is 10.5 Å². The molecule has 0 radical (unpaired) electrons. The minimum absolute atomic E-state index is 0.125. The molecule has 0 bridgehead atoms. The molecule has 100 valence electrons. The standard InChI is InChI=1S/C11H23N3O3/c1-5-14(3)11(16)8(2)13-10(15)9(12)6-7-17-4/h8-9H,5-7,12H2,1-4H3,(H,13,15). The van der Waals surface area contributed by atoms with Gasteiger partial charge >= 0.3 is 0 Å². The van der Waals surface area contributed by atoms with E-state index in [9.17, 15) is 9.59 Å². The first-order chi connectivity index (χ1) is 7.93. The Kier molecular flexibility index (Phi) is 7.49. The minimum atomic E-state index is -0.642. The zero-order chi connectivity index (χ0) is 13.4. The summed E-state index contributed by atoms with van der Waals surface area (Å²) < 4.78 is 4.84. The Balaban J connectivity index is 4.14. The van der Waals surface area contributed by atoms with E-state index in [0.717, 1.165) is 0 Å². The predicted molar refractivity (Wildman–Crippen MR) is 65.4 cm³/mol. The van der Waals surface area contributed by atoms with Gasteiger partial charge in [-0.05, 0) is 20.3 Å². The first-order valence-electron chi connectivity index (χ1n) is 5.73. The lowest BCUT2D eigenvalue weighted by Crippen LogP contribution is -2.50. The Morgan fingerprint density at radius 2 is 2.06 bits per heavy atom. The smallest absolute Gasteiger partial charge is 0.244 e. The maximum absolute atomic E-state index is 11.7. The lowest BCUT2D eigenvalue weighted by atomic mass is 10.2. The van der Waals surface area contributed by atoms with Crippen molar-refractivity contribution in [2.24, 2.45) is 5.73 Å². The molecule has 3 N–H and O–H groups in total. The second kappa shape index (κ2) is 8.03. The highest BCUT2D eigenvalue weighted by molar-refractivity contribution is 5.89. The lowest BCUT2D eigenvalue weighted by molar-refractivity contribution is -0.135. The number of likely N-dealkylation sites (N-methyl/N-ethyl adjacent to an activating group) is 1. The van der Waals surface area contributed by atoms with Crippen molar-refractivity contribution in [3.8, 4) is 0 Å². The Morgan fingerprint density at radius 1 is 1.47 bits per heavy atom. The Bertz CT molecular complexity index is 258. The maximum Gasteiger partial charge on any atom is 0.244 e. The molecule has 0 rings (SSSR count). The van der Waals surface area contributed by atoms with Gasteiger partial charge in [0.15, 0.2) is 0 Å². The van der Waals surface area contributed by atoms with Crippen LogP contribution in [0.4, 0.5) is 0 Å². The monoisotopic (exact) mass is 245 g/mol. The number of nitrogens with two attached hydrogens (primary N) is 1. The number of hydrogen-bond acceptors (Lipinski definition) is 4. The normalized spacial score (nSPS) is 13.9. The molecule has 6 nitrogen and oxygen atoms in total. The van der Waals surface area contributed by atoms with E-state index < -0.39 is 12.1 Å². The fraction of sp³-hybridized carbons (Fsp3) is 0.818. The Labute approximate surface area is 102 Å². The van der Waals surface area contributed by atoms with E-state index >= 15 is 0 Å². The van der Waals surface area contributed by atoms with E-state index in [2.05, 4.69) is 5.32 Å². The number of nitrogens with zero attached hydrogens (tertiary/aromatic N) is 1. The van der Waals surface area contributed by atoms with Crippen LogP contribution in [0.15, 0.2) is 0 Å². The molecule has 0 aliphatic carbocycles. The third-order valence-electron chi connectivity index (χ3n) is 2.55. The molecule has 0 aromatic rings. The van der Waals surface area contributed by atoms with Crippen LogP contribution in [0.2, 0.25) is 0 Å². The summed E-state index contributed by atoms with van der Waals surface area (Å²) in [5, 5.41) is 2.59. The second-order valence-corrected chi connectivity index (χ2v) is 3.97. The third-order valence-corrected chi connectivity index (χ3v) is 2.55. The molecule has 2 atom stereocenters. The van der Waals surface area contributed by atoms with Gasteiger partial charge in [0.25, 0.3) is 0 Å². The van der Waals surface area contributed by atoms with Crippen LogP contribution in [0.3, 0.4) is 0 Å². The van der Waals surface area contributed by atoms with Gasteiger partial charge in [-0.3, -0.25) is 9.59 Å². The van der Waals surface area contributed by atoms with Crippen molar-refractivity contribution in [3.05, 3.63) is 0 Å². The molecule has 0 aliphatic rings. The van der Waals surface area contributed by atoms with Crippen LogP contribution < -0.4 is 11.1 Å². The van der Waals surface area contributed by atoms with Crippen LogP contribution in [-0.4, -0.2) is 56.1 Å². The highest BCUT2D eigenvalue weighted by Crippen LogP contribution is 1.94. The molecule has 2 unspecified atom stereocenters. The summed E-state index contributed by atoms with van der Waals surface area (Å²) in [5.41, 5.74) is 5.64. The SMILES string of the molecule is CCN(C)C(=O)C(C)NC(=O)C(N)CCOC. The molecular formula is C11H23N3O3. The molecule has 0 saturated heterocycles. The molecule has 0 heterocycles. The van der Waals surface area contributed by atoms with Gasteiger partial charge in [-0.2, -0.15) is 0 Å². The molecule has 0 aromatic heterocycles. The Hall–Kier alpha value is -1.14. The summed E-state index contributed by atoms with van der Waals surface area (Å²) in [6, 6.07) is -1.20. The summed E-state index contributed by atoms with van der Waals surface area (Å²) >= 11 is 0. The number of ether oxygens (including phenoxy) is 1. The van der Waals surface area contributed by atoms with Crippen molar-refractivity contribution in [1.29, 1.82) is 0 Å². The van der Waals surface area contributed by atoms with Crippen molar-refractivity contribution in [1.82, 2.24) is 10.2 Å². The van der Waals surface area contributed by atoms with Crippen molar-refractivity contribution in [2.75, 3.05) is 27.3 Å². The Morgan fingerprint density at radius 3 is 2.53 bits per heavy atom. The van der Waals surface area contributed by atoms with Gasteiger partial charge in [0.05, 0.1) is 6.04 Å². The van der Waals surface area contributed by atoms with E-state index in [0.29, 0.717) is 19.6 Å². The van der Waals surface area contributed by atoms with Crippen LogP contribution in [0.5, 0.6) is 0 Å². The quantitative estimate of drug-likeness (QED) is 0.623. The summed E-state index contributed by atoms with van der Waals surface area (Å²) in [5.74, 6) is -0.452. The number of carbonyl (C=O) groups is 2. The number of amides is 2. The van der Waals surface area contributed by atoms with E-state index in [1.165, 1.54) is 0 Å². The number of methoxy groups -OCH3 is 1. The summed E-state index contributed by atoms with van der Waals surface area (Å²) in [6.07, 6.45) is 0.437. The van der Waals surface area contributed by atoms with Gasteiger partial charge in [-0.1, -0.05) is 0 Å². The molecule has 17 heavy (non-hydrogen) atoms. The summed E-state index contributed by atoms with van der Waals surface area (Å²) in [7, 11) is 3.24. The minimum Gasteiger partial charge on any atom is -0.385 e. The molecule has 0 spiro atoms. The third kappa shape index (κ3) is 5.65. The predicted octanol–water partition coefficient (Wildman–Crippen LogP) is -0.667. The van der Waals surface area contributed by atoms with E-state index in [-0.39, 0.29) is 11.8 Å². The van der Waals surface area contributed by atoms with Crippen molar-refractivity contribution >= 4 is 11.8 Å². The first kappa shape index (κ1) is 15.9. The van der Waals surface area contributed by atoms with E-state index in [1.54, 1.807) is 26.0 Å². The van der Waals surface area contributed by atoms with Gasteiger partial charge in [0.2, 0.25) is 11.8 Å². The zero-order valence-electron chi connectivity index (χ0n) is 11.0. The fourth-order valence-electron chi connectivity index (χ4n) is 1.24. The van der Waals surface area contributed by atoms with Crippen LogP contribution in [-0.2, 0) is 14.3 Å². The van der Waals surface area contributed by atoms with Crippen LogP contribution >= 0.6 is 0 Å². The van der Waals surface area contributed by atoms with Crippen LogP contribution in [0.25, 0.3) is 0 Å². The molecule has 0 fully saturated rings. The number of hydrogen-bond donors (Lipinski definition) is 2. The lowest BCUT2D eigenvalue weighted by Gasteiger charge is -2.21. The molecule has 0 aromatic carbocycles. The van der Waals surface area contributed by atoms with E-state index in [1.807, 2.05) is 6.92 Å². The number of carbonyl (C=O) groups excluding carboxylic acids is 2. The van der Waals surface area contributed by atoms with Gasteiger partial charge in [-0.15, -0.1) is 0 Å². The molecule has 2 amide bonds. The van der Waals surface area contributed by atoms with Gasteiger partial charge in [0.1, 0.15) is 6.04 Å². The van der Waals surface area contributed by atoms with Crippen LogP contribution in [0.1, 0.15) is 20.3 Å². The average molecular weight is 245 g/mol. The molecular weight excluding hydrogens is 222 g/mol. The van der Waals surface area contributed by atoms with Gasteiger partial charge < -0.3 is 20.7 Å². The van der Waals surface area contributed by atoms with Crippen molar-refractivity contribution < 1.29 is 14.3 Å². The fourth-order valence-corrected chi connectivity index (χ4v) is 1.24.